The number of hydrogen-bond donors (Lipinski definition) is 1. The minimum Gasteiger partial charge on any atom is -0.481 e. The molecule has 2 aliphatic rings. The Morgan fingerprint density at radius 3 is 2.35 bits per heavy atom. The van der Waals surface area contributed by atoms with Crippen LogP contribution in [0.3, 0.4) is 0 Å². The number of aliphatic carboxylic acids is 1. The van der Waals surface area contributed by atoms with Crippen molar-refractivity contribution >= 4 is 5.97 Å². The van der Waals surface area contributed by atoms with E-state index < -0.39 is 5.97 Å². The maximum atomic E-state index is 10.9. The van der Waals surface area contributed by atoms with Crippen molar-refractivity contribution < 1.29 is 9.90 Å². The van der Waals surface area contributed by atoms with Gasteiger partial charge in [0.1, 0.15) is 0 Å². The number of carboxylic acids is 1. The fourth-order valence-electron chi connectivity index (χ4n) is 4.19. The topological polar surface area (TPSA) is 40.5 Å². The van der Waals surface area contributed by atoms with Crippen LogP contribution in [0.5, 0.6) is 0 Å². The fraction of sp³-hybridized carbons (Fsp3) is 0.588. The number of nitrogens with zero attached hydrogens (tertiary/aromatic N) is 1. The van der Waals surface area contributed by atoms with Crippen molar-refractivity contribution in [3.05, 3.63) is 35.9 Å². The number of fused-ring (bicyclic) bond motifs is 2. The van der Waals surface area contributed by atoms with Gasteiger partial charge in [0.15, 0.2) is 0 Å². The van der Waals surface area contributed by atoms with E-state index in [1.165, 1.54) is 12.0 Å². The van der Waals surface area contributed by atoms with E-state index in [9.17, 15) is 4.79 Å². The molecule has 1 aliphatic heterocycles. The van der Waals surface area contributed by atoms with E-state index in [1.54, 1.807) is 0 Å². The molecule has 2 atom stereocenters. The van der Waals surface area contributed by atoms with Crippen molar-refractivity contribution in [1.29, 1.82) is 0 Å². The molecule has 3 nitrogen and oxygen atoms in total. The third-order valence-electron chi connectivity index (χ3n) is 4.75. The standard InChI is InChI=1S/C17H23NO2/c19-17(20)9-14-6-15-8-16(7-14)12-18(11-15)10-13-4-2-1-3-5-13/h1-5,14-16H,6-12H2,(H,19,20). The molecule has 1 saturated heterocycles. The lowest BCUT2D eigenvalue weighted by atomic mass is 9.71. The summed E-state index contributed by atoms with van der Waals surface area (Å²) in [6, 6.07) is 10.6. The lowest BCUT2D eigenvalue weighted by Crippen LogP contribution is -2.44. The van der Waals surface area contributed by atoms with Crippen LogP contribution >= 0.6 is 0 Å². The number of carboxylic acid groups (broad SMARTS) is 1. The second-order valence-corrected chi connectivity index (χ2v) is 6.58. The summed E-state index contributed by atoms with van der Waals surface area (Å²) in [6.07, 6.45) is 3.88. The van der Waals surface area contributed by atoms with E-state index in [1.807, 2.05) is 0 Å². The highest BCUT2D eigenvalue weighted by atomic mass is 16.4. The Labute approximate surface area is 120 Å². The molecule has 1 N–H and O–H groups in total. The van der Waals surface area contributed by atoms with Crippen LogP contribution in [0.2, 0.25) is 0 Å². The first kappa shape index (κ1) is 13.6. The van der Waals surface area contributed by atoms with Gasteiger partial charge in [-0.3, -0.25) is 9.69 Å². The average molecular weight is 273 g/mol. The van der Waals surface area contributed by atoms with Crippen molar-refractivity contribution in [1.82, 2.24) is 4.90 Å². The van der Waals surface area contributed by atoms with E-state index in [0.717, 1.165) is 32.5 Å². The lowest BCUT2D eigenvalue weighted by Gasteiger charge is -2.44. The molecule has 0 spiro atoms. The number of hydrogen-bond acceptors (Lipinski definition) is 2. The van der Waals surface area contributed by atoms with Crippen LogP contribution in [0.25, 0.3) is 0 Å². The molecule has 108 valence electrons. The molecule has 1 aliphatic carbocycles. The predicted molar refractivity (Wildman–Crippen MR) is 78.3 cm³/mol. The molecule has 1 saturated carbocycles. The first-order chi connectivity index (χ1) is 9.69. The predicted octanol–water partition coefficient (Wildman–Crippen LogP) is 3.01. The molecule has 0 aromatic heterocycles. The zero-order valence-electron chi connectivity index (χ0n) is 11.9. The van der Waals surface area contributed by atoms with E-state index >= 15 is 0 Å². The summed E-state index contributed by atoms with van der Waals surface area (Å²) in [7, 11) is 0. The van der Waals surface area contributed by atoms with Crippen LogP contribution < -0.4 is 0 Å². The second-order valence-electron chi connectivity index (χ2n) is 6.58. The Hall–Kier alpha value is -1.35. The third kappa shape index (κ3) is 3.40. The van der Waals surface area contributed by atoms with Crippen LogP contribution in [0.15, 0.2) is 30.3 Å². The number of rotatable bonds is 4. The Morgan fingerprint density at radius 2 is 1.75 bits per heavy atom. The molecule has 2 unspecified atom stereocenters. The first-order valence-corrected chi connectivity index (χ1v) is 7.67. The van der Waals surface area contributed by atoms with Crippen molar-refractivity contribution in [2.45, 2.75) is 32.2 Å². The van der Waals surface area contributed by atoms with Crippen LogP contribution in [0.4, 0.5) is 0 Å². The van der Waals surface area contributed by atoms with Gasteiger partial charge in [-0.25, -0.2) is 0 Å². The molecule has 1 aromatic carbocycles. The maximum Gasteiger partial charge on any atom is 0.303 e. The van der Waals surface area contributed by atoms with Crippen LogP contribution in [0.1, 0.15) is 31.2 Å². The van der Waals surface area contributed by atoms with Gasteiger partial charge in [0.05, 0.1) is 0 Å². The molecule has 0 amide bonds. The number of benzene rings is 1. The van der Waals surface area contributed by atoms with Crippen LogP contribution in [0, 0.1) is 17.8 Å². The highest BCUT2D eigenvalue weighted by molar-refractivity contribution is 5.67. The minimum absolute atomic E-state index is 0.367. The largest absolute Gasteiger partial charge is 0.481 e. The zero-order valence-corrected chi connectivity index (χ0v) is 11.9. The van der Waals surface area contributed by atoms with Gasteiger partial charge in [-0.2, -0.15) is 0 Å². The number of piperidine rings is 1. The second kappa shape index (κ2) is 5.96. The summed E-state index contributed by atoms with van der Waals surface area (Å²) in [5.74, 6) is 1.19. The normalized spacial score (nSPS) is 30.1. The quantitative estimate of drug-likeness (QED) is 0.916. The maximum absolute atomic E-state index is 10.9. The SMILES string of the molecule is O=C(O)CC1CC2CC(C1)CN(Cc1ccccc1)C2. The minimum atomic E-state index is -0.629. The summed E-state index contributed by atoms with van der Waals surface area (Å²) >= 11 is 0. The van der Waals surface area contributed by atoms with Gasteiger partial charge in [-0.15, -0.1) is 0 Å². The Bertz CT molecular complexity index is 445. The zero-order chi connectivity index (χ0) is 13.9. The van der Waals surface area contributed by atoms with Crippen molar-refractivity contribution in [2.75, 3.05) is 13.1 Å². The monoisotopic (exact) mass is 273 g/mol. The lowest BCUT2D eigenvalue weighted by molar-refractivity contribution is -0.138. The van der Waals surface area contributed by atoms with Gasteiger partial charge in [0.25, 0.3) is 0 Å². The van der Waals surface area contributed by atoms with E-state index in [2.05, 4.69) is 35.2 Å². The van der Waals surface area contributed by atoms with Crippen molar-refractivity contribution in [3.8, 4) is 0 Å². The highest BCUT2D eigenvalue weighted by Crippen LogP contribution is 2.39. The van der Waals surface area contributed by atoms with E-state index in [4.69, 9.17) is 5.11 Å². The molecule has 3 heteroatoms. The summed E-state index contributed by atoms with van der Waals surface area (Å²) in [6.45, 7) is 3.32. The first-order valence-electron chi connectivity index (χ1n) is 7.67. The fourth-order valence-corrected chi connectivity index (χ4v) is 4.19. The van der Waals surface area contributed by atoms with Crippen LogP contribution in [-0.4, -0.2) is 29.1 Å². The highest BCUT2D eigenvalue weighted by Gasteiger charge is 2.35. The third-order valence-corrected chi connectivity index (χ3v) is 4.75. The molecule has 2 fully saturated rings. The summed E-state index contributed by atoms with van der Waals surface area (Å²) in [4.78, 5) is 13.4. The average Bonchev–Trinajstić information content (AvgIpc) is 2.38. The van der Waals surface area contributed by atoms with Gasteiger partial charge in [-0.1, -0.05) is 30.3 Å². The van der Waals surface area contributed by atoms with Crippen LogP contribution in [-0.2, 0) is 11.3 Å². The van der Waals surface area contributed by atoms with E-state index in [-0.39, 0.29) is 0 Å². The van der Waals surface area contributed by atoms with Gasteiger partial charge in [0.2, 0.25) is 0 Å². The molecule has 1 aromatic rings. The smallest absolute Gasteiger partial charge is 0.303 e. The Kier molecular flexibility index (Phi) is 4.06. The van der Waals surface area contributed by atoms with Crippen molar-refractivity contribution in [3.63, 3.8) is 0 Å². The Morgan fingerprint density at radius 1 is 1.10 bits per heavy atom. The van der Waals surface area contributed by atoms with Gasteiger partial charge in [-0.05, 0) is 42.6 Å². The Balaban J connectivity index is 1.57. The molecule has 1 heterocycles. The summed E-state index contributed by atoms with van der Waals surface area (Å²) < 4.78 is 0. The van der Waals surface area contributed by atoms with Gasteiger partial charge in [0, 0.05) is 26.1 Å². The van der Waals surface area contributed by atoms with Crippen molar-refractivity contribution in [2.24, 2.45) is 17.8 Å². The molecular weight excluding hydrogens is 250 g/mol. The van der Waals surface area contributed by atoms with Gasteiger partial charge < -0.3 is 5.11 Å². The summed E-state index contributed by atoms with van der Waals surface area (Å²) in [5.41, 5.74) is 1.38. The molecule has 0 radical (unpaired) electrons. The molecule has 20 heavy (non-hydrogen) atoms. The number of likely N-dealkylation sites (tertiary alicyclic amines) is 1. The number of carbonyl (C=O) groups is 1. The molecule has 3 rings (SSSR count). The van der Waals surface area contributed by atoms with Gasteiger partial charge >= 0.3 is 5.97 Å². The summed E-state index contributed by atoms with van der Waals surface area (Å²) in [5, 5.41) is 8.97. The molecule has 2 bridgehead atoms. The molecular formula is C17H23NO2. The van der Waals surface area contributed by atoms with E-state index in [0.29, 0.717) is 24.2 Å².